The number of hydrogen-bond donors (Lipinski definition) is 1. The van der Waals surface area contributed by atoms with Crippen LogP contribution in [0.25, 0.3) is 10.8 Å². The zero-order chi connectivity index (χ0) is 23.3. The molecule has 8 heteroatoms. The first-order valence-electron chi connectivity index (χ1n) is 11.3. The third kappa shape index (κ3) is 5.16. The van der Waals surface area contributed by atoms with E-state index in [0.29, 0.717) is 18.0 Å². The van der Waals surface area contributed by atoms with Gasteiger partial charge in [0.05, 0.1) is 12.2 Å². The summed E-state index contributed by atoms with van der Waals surface area (Å²) in [6, 6.07) is 19.5. The van der Waals surface area contributed by atoms with Crippen molar-refractivity contribution in [2.24, 2.45) is 0 Å². The lowest BCUT2D eigenvalue weighted by Gasteiger charge is -2.35. The molecule has 172 valence electrons. The molecular weight excluding hydrogens is 448 g/mol. The zero-order valence-corrected chi connectivity index (χ0v) is 19.4. The van der Waals surface area contributed by atoms with E-state index in [1.807, 2.05) is 24.3 Å². The highest BCUT2D eigenvalue weighted by atomic mass is 35.5. The second-order valence-corrected chi connectivity index (χ2v) is 8.80. The second kappa shape index (κ2) is 10.2. The van der Waals surface area contributed by atoms with Crippen molar-refractivity contribution < 1.29 is 4.79 Å². The standard InChI is InChI=1S/C26H25ClN6O/c27-20-5-7-21(8-6-20)29-25(34)18-32-13-15-33(16-14-32)26-23-4-2-1-3-22(23)24(30-31-26)17-19-9-11-28-12-10-19/h1-12H,13-18H2,(H,29,34). The highest BCUT2D eigenvalue weighted by Crippen LogP contribution is 2.27. The van der Waals surface area contributed by atoms with E-state index in [0.717, 1.165) is 59.7 Å². The van der Waals surface area contributed by atoms with E-state index in [1.54, 1.807) is 36.7 Å². The fourth-order valence-corrected chi connectivity index (χ4v) is 4.38. The van der Waals surface area contributed by atoms with Crippen LogP contribution in [-0.4, -0.2) is 58.7 Å². The molecule has 7 nitrogen and oxygen atoms in total. The third-order valence-corrected chi connectivity index (χ3v) is 6.28. The van der Waals surface area contributed by atoms with E-state index in [2.05, 4.69) is 42.4 Å². The van der Waals surface area contributed by atoms with E-state index in [-0.39, 0.29) is 5.91 Å². The van der Waals surface area contributed by atoms with Crippen molar-refractivity contribution in [3.05, 3.63) is 89.3 Å². The number of amides is 1. The number of halogens is 1. The number of nitrogens with zero attached hydrogens (tertiary/aromatic N) is 5. The lowest BCUT2D eigenvalue weighted by molar-refractivity contribution is -0.117. The molecule has 1 aliphatic heterocycles. The Morgan fingerprint density at radius 3 is 2.32 bits per heavy atom. The van der Waals surface area contributed by atoms with Crippen molar-refractivity contribution in [3.8, 4) is 0 Å². The summed E-state index contributed by atoms with van der Waals surface area (Å²) < 4.78 is 0. The number of rotatable bonds is 6. The highest BCUT2D eigenvalue weighted by Gasteiger charge is 2.22. The second-order valence-electron chi connectivity index (χ2n) is 8.37. The van der Waals surface area contributed by atoms with Gasteiger partial charge in [-0.05, 0) is 42.0 Å². The molecule has 1 fully saturated rings. The molecule has 0 radical (unpaired) electrons. The Labute approximate surface area is 203 Å². The van der Waals surface area contributed by atoms with Crippen LogP contribution in [0, 0.1) is 0 Å². The number of piperazine rings is 1. The highest BCUT2D eigenvalue weighted by molar-refractivity contribution is 6.30. The Kier molecular flexibility index (Phi) is 6.65. The minimum absolute atomic E-state index is 0.0264. The molecule has 4 aromatic rings. The van der Waals surface area contributed by atoms with Crippen molar-refractivity contribution >= 4 is 39.8 Å². The van der Waals surface area contributed by atoms with E-state index in [4.69, 9.17) is 11.6 Å². The van der Waals surface area contributed by atoms with Crippen LogP contribution in [0.3, 0.4) is 0 Å². The maximum Gasteiger partial charge on any atom is 0.238 e. The van der Waals surface area contributed by atoms with E-state index >= 15 is 0 Å². The van der Waals surface area contributed by atoms with Crippen LogP contribution in [0.2, 0.25) is 5.02 Å². The van der Waals surface area contributed by atoms with Crippen LogP contribution < -0.4 is 10.2 Å². The Morgan fingerprint density at radius 1 is 0.882 bits per heavy atom. The number of carbonyl (C=O) groups excluding carboxylic acids is 1. The molecule has 5 rings (SSSR count). The monoisotopic (exact) mass is 472 g/mol. The van der Waals surface area contributed by atoms with E-state index in [9.17, 15) is 4.79 Å². The summed E-state index contributed by atoms with van der Waals surface area (Å²) in [5.74, 6) is 0.876. The van der Waals surface area contributed by atoms with Crippen molar-refractivity contribution in [1.29, 1.82) is 0 Å². The third-order valence-electron chi connectivity index (χ3n) is 6.03. The van der Waals surface area contributed by atoms with Crippen LogP contribution in [0.1, 0.15) is 11.3 Å². The number of nitrogens with one attached hydrogen (secondary N) is 1. The normalized spacial score (nSPS) is 14.3. The molecule has 0 spiro atoms. The molecule has 34 heavy (non-hydrogen) atoms. The Morgan fingerprint density at radius 2 is 1.59 bits per heavy atom. The fourth-order valence-electron chi connectivity index (χ4n) is 4.26. The molecule has 0 saturated carbocycles. The van der Waals surface area contributed by atoms with Gasteiger partial charge in [0.1, 0.15) is 0 Å². The summed E-state index contributed by atoms with van der Waals surface area (Å²) in [6.07, 6.45) is 4.32. The smallest absolute Gasteiger partial charge is 0.238 e. The van der Waals surface area contributed by atoms with Crippen molar-refractivity contribution in [3.63, 3.8) is 0 Å². The van der Waals surface area contributed by atoms with Crippen LogP contribution in [0.4, 0.5) is 11.5 Å². The minimum Gasteiger partial charge on any atom is -0.352 e. The molecule has 3 heterocycles. The number of carbonyl (C=O) groups is 1. The summed E-state index contributed by atoms with van der Waals surface area (Å²) in [6.45, 7) is 3.49. The van der Waals surface area contributed by atoms with Gasteiger partial charge in [-0.2, -0.15) is 5.10 Å². The van der Waals surface area contributed by atoms with Gasteiger partial charge in [0.15, 0.2) is 5.82 Å². The average molecular weight is 473 g/mol. The maximum absolute atomic E-state index is 12.5. The van der Waals surface area contributed by atoms with Crippen LogP contribution in [0.5, 0.6) is 0 Å². The number of pyridine rings is 1. The number of benzene rings is 2. The van der Waals surface area contributed by atoms with Gasteiger partial charge in [-0.1, -0.05) is 35.9 Å². The lowest BCUT2D eigenvalue weighted by Crippen LogP contribution is -2.49. The fraction of sp³-hybridized carbons (Fsp3) is 0.231. The molecular formula is C26H25ClN6O. The summed E-state index contributed by atoms with van der Waals surface area (Å²) in [7, 11) is 0. The van der Waals surface area contributed by atoms with Gasteiger partial charge in [-0.25, -0.2) is 0 Å². The van der Waals surface area contributed by atoms with Gasteiger partial charge in [0.2, 0.25) is 5.91 Å². The molecule has 0 atom stereocenters. The van der Waals surface area contributed by atoms with Crippen LogP contribution in [-0.2, 0) is 11.2 Å². The summed E-state index contributed by atoms with van der Waals surface area (Å²) in [5.41, 5.74) is 2.87. The van der Waals surface area contributed by atoms with Gasteiger partial charge >= 0.3 is 0 Å². The predicted molar refractivity (Wildman–Crippen MR) is 135 cm³/mol. The van der Waals surface area contributed by atoms with Gasteiger partial charge in [0.25, 0.3) is 0 Å². The number of aromatic nitrogens is 3. The van der Waals surface area contributed by atoms with Gasteiger partial charge in [-0.3, -0.25) is 14.7 Å². The van der Waals surface area contributed by atoms with E-state index < -0.39 is 0 Å². The maximum atomic E-state index is 12.5. The summed E-state index contributed by atoms with van der Waals surface area (Å²) in [4.78, 5) is 21.0. The lowest BCUT2D eigenvalue weighted by atomic mass is 10.0. The summed E-state index contributed by atoms with van der Waals surface area (Å²) >= 11 is 5.91. The predicted octanol–water partition coefficient (Wildman–Crippen LogP) is 4.03. The SMILES string of the molecule is O=C(CN1CCN(c2nnc(Cc3ccncc3)c3ccccc23)CC1)Nc1ccc(Cl)cc1. The van der Waals surface area contributed by atoms with Crippen molar-refractivity contribution in [2.75, 3.05) is 42.9 Å². The van der Waals surface area contributed by atoms with Crippen LogP contribution in [0.15, 0.2) is 73.1 Å². The molecule has 2 aromatic carbocycles. The van der Waals surface area contributed by atoms with Gasteiger partial charge in [-0.15, -0.1) is 5.10 Å². The Balaban J connectivity index is 1.24. The van der Waals surface area contributed by atoms with Gasteiger partial charge < -0.3 is 10.2 Å². The minimum atomic E-state index is -0.0264. The number of hydrogen-bond acceptors (Lipinski definition) is 6. The Hall–Kier alpha value is -3.55. The average Bonchev–Trinajstić information content (AvgIpc) is 2.87. The topological polar surface area (TPSA) is 74.2 Å². The zero-order valence-electron chi connectivity index (χ0n) is 18.7. The number of anilines is 2. The van der Waals surface area contributed by atoms with E-state index in [1.165, 1.54) is 0 Å². The van der Waals surface area contributed by atoms with Crippen molar-refractivity contribution in [1.82, 2.24) is 20.1 Å². The first kappa shape index (κ1) is 22.3. The quantitative estimate of drug-likeness (QED) is 0.456. The first-order chi connectivity index (χ1) is 16.7. The van der Waals surface area contributed by atoms with Crippen molar-refractivity contribution in [2.45, 2.75) is 6.42 Å². The Bertz CT molecular complexity index is 1270. The first-order valence-corrected chi connectivity index (χ1v) is 11.7. The molecule has 0 bridgehead atoms. The largest absolute Gasteiger partial charge is 0.352 e. The van der Waals surface area contributed by atoms with Gasteiger partial charge in [0, 0.05) is 66.5 Å². The van der Waals surface area contributed by atoms with Crippen LogP contribution >= 0.6 is 11.6 Å². The molecule has 2 aromatic heterocycles. The molecule has 1 amide bonds. The summed E-state index contributed by atoms with van der Waals surface area (Å²) in [5, 5.41) is 15.0. The molecule has 1 aliphatic rings. The molecule has 1 saturated heterocycles. The molecule has 0 unspecified atom stereocenters. The molecule has 1 N–H and O–H groups in total. The number of fused-ring (bicyclic) bond motifs is 1. The molecule has 0 aliphatic carbocycles.